The Hall–Kier alpha value is -1.99. The van der Waals surface area contributed by atoms with Crippen LogP contribution in [0.15, 0.2) is 0 Å². The van der Waals surface area contributed by atoms with Crippen LogP contribution in [0, 0.1) is 0 Å². The lowest BCUT2D eigenvalue weighted by Gasteiger charge is -2.25. The molecular weight excluding hydrogens is 272 g/mol. The number of hydrogen-bond donors (Lipinski definition) is 1. The second-order valence-electron chi connectivity index (χ2n) is 5.13. The van der Waals surface area contributed by atoms with Crippen molar-refractivity contribution in [3.05, 3.63) is 17.0 Å². The molecule has 1 amide bonds. The molecule has 0 spiro atoms. The Morgan fingerprint density at radius 2 is 2.05 bits per heavy atom. The molecule has 0 aliphatic carbocycles. The van der Waals surface area contributed by atoms with Gasteiger partial charge in [-0.05, 0) is 0 Å². The summed E-state index contributed by atoms with van der Waals surface area (Å²) in [6.45, 7) is -0.0208. The van der Waals surface area contributed by atoms with E-state index in [0.29, 0.717) is 12.1 Å². The molecule has 20 heavy (non-hydrogen) atoms. The molecule has 1 aromatic heterocycles. The molecule has 0 fully saturated rings. The Labute approximate surface area is 113 Å². The number of nitrogens with zero attached hydrogens (tertiary/aromatic N) is 3. The van der Waals surface area contributed by atoms with Crippen molar-refractivity contribution >= 4 is 11.9 Å². The van der Waals surface area contributed by atoms with Crippen LogP contribution in [0.4, 0.5) is 13.6 Å². The van der Waals surface area contributed by atoms with E-state index in [0.717, 1.165) is 9.58 Å². The standard InChI is InChI=1S/C12H13F2N3O3/c13-12(14)3-1-7(18)5-17-10(12)8-6-16(11(19)20)4-2-9(8)15-17/h1-6H2,(H,19,20). The minimum Gasteiger partial charge on any atom is -0.465 e. The van der Waals surface area contributed by atoms with Crippen LogP contribution in [0.25, 0.3) is 0 Å². The maximum absolute atomic E-state index is 14.2. The minimum absolute atomic E-state index is 0.0935. The average Bonchev–Trinajstić information content (AvgIpc) is 2.68. The summed E-state index contributed by atoms with van der Waals surface area (Å²) in [4.78, 5) is 23.6. The third-order valence-electron chi connectivity index (χ3n) is 3.76. The number of amides is 1. The van der Waals surface area contributed by atoms with Gasteiger partial charge in [-0.15, -0.1) is 0 Å². The molecule has 0 saturated carbocycles. The predicted octanol–water partition coefficient (Wildman–Crippen LogP) is 1.37. The number of halogens is 2. The van der Waals surface area contributed by atoms with Gasteiger partial charge in [0.2, 0.25) is 0 Å². The summed E-state index contributed by atoms with van der Waals surface area (Å²) in [5.41, 5.74) is 0.453. The lowest BCUT2D eigenvalue weighted by atomic mass is 10.00. The smallest absolute Gasteiger partial charge is 0.407 e. The first-order chi connectivity index (χ1) is 9.38. The van der Waals surface area contributed by atoms with E-state index in [2.05, 4.69) is 5.10 Å². The number of ketones is 1. The molecule has 1 aromatic rings. The molecule has 3 rings (SSSR count). The highest BCUT2D eigenvalue weighted by Crippen LogP contribution is 2.39. The highest BCUT2D eigenvalue weighted by atomic mass is 19.3. The van der Waals surface area contributed by atoms with Gasteiger partial charge in [-0.2, -0.15) is 13.9 Å². The molecule has 1 N–H and O–H groups in total. The van der Waals surface area contributed by atoms with E-state index >= 15 is 0 Å². The Morgan fingerprint density at radius 3 is 2.75 bits per heavy atom. The van der Waals surface area contributed by atoms with Gasteiger partial charge in [0.05, 0.1) is 12.2 Å². The Balaban J connectivity index is 2.08. The third kappa shape index (κ3) is 1.95. The van der Waals surface area contributed by atoms with Crippen LogP contribution in [0.2, 0.25) is 0 Å². The van der Waals surface area contributed by atoms with Crippen molar-refractivity contribution in [3.63, 3.8) is 0 Å². The number of aromatic nitrogens is 2. The molecule has 0 unspecified atom stereocenters. The molecule has 0 atom stereocenters. The average molecular weight is 285 g/mol. The van der Waals surface area contributed by atoms with Crippen molar-refractivity contribution in [1.82, 2.24) is 14.7 Å². The number of carbonyl (C=O) groups excluding carboxylic acids is 1. The van der Waals surface area contributed by atoms with E-state index in [1.54, 1.807) is 0 Å². The number of rotatable bonds is 0. The number of carbonyl (C=O) groups is 2. The summed E-state index contributed by atoms with van der Waals surface area (Å²) in [7, 11) is 0. The van der Waals surface area contributed by atoms with Crippen molar-refractivity contribution in [2.24, 2.45) is 0 Å². The fourth-order valence-electron chi connectivity index (χ4n) is 2.77. The van der Waals surface area contributed by atoms with E-state index in [1.807, 2.05) is 0 Å². The van der Waals surface area contributed by atoms with Crippen LogP contribution < -0.4 is 0 Å². The molecule has 2 aliphatic rings. The second-order valence-corrected chi connectivity index (χ2v) is 5.13. The summed E-state index contributed by atoms with van der Waals surface area (Å²) in [6.07, 6.45) is -1.57. The summed E-state index contributed by atoms with van der Waals surface area (Å²) in [5.74, 6) is -3.42. The number of Topliss-reactive ketones (excluding diaryl/α,β-unsaturated/α-hetero) is 1. The Bertz CT molecular complexity index is 597. The zero-order chi connectivity index (χ0) is 14.5. The van der Waals surface area contributed by atoms with Crippen LogP contribution in [-0.4, -0.2) is 38.2 Å². The second kappa shape index (κ2) is 4.26. The van der Waals surface area contributed by atoms with Crippen LogP contribution in [0.5, 0.6) is 0 Å². The molecule has 0 bridgehead atoms. The number of carboxylic acid groups (broad SMARTS) is 1. The highest BCUT2D eigenvalue weighted by Gasteiger charge is 2.43. The van der Waals surface area contributed by atoms with Gasteiger partial charge in [0.25, 0.3) is 5.92 Å². The number of hydrogen-bond acceptors (Lipinski definition) is 3. The number of alkyl halides is 2. The molecule has 0 aromatic carbocycles. The molecule has 8 heteroatoms. The minimum atomic E-state index is -3.14. The van der Waals surface area contributed by atoms with E-state index in [-0.39, 0.29) is 43.1 Å². The van der Waals surface area contributed by atoms with Crippen LogP contribution in [-0.2, 0) is 30.2 Å². The van der Waals surface area contributed by atoms with Crippen molar-refractivity contribution in [3.8, 4) is 0 Å². The van der Waals surface area contributed by atoms with E-state index in [4.69, 9.17) is 5.11 Å². The molecule has 0 saturated heterocycles. The van der Waals surface area contributed by atoms with Crippen LogP contribution >= 0.6 is 0 Å². The summed E-state index contributed by atoms with van der Waals surface area (Å²) >= 11 is 0. The zero-order valence-corrected chi connectivity index (χ0v) is 10.6. The van der Waals surface area contributed by atoms with Crippen molar-refractivity contribution in [1.29, 1.82) is 0 Å². The van der Waals surface area contributed by atoms with Gasteiger partial charge in [0.15, 0.2) is 5.78 Å². The van der Waals surface area contributed by atoms with E-state index < -0.39 is 18.4 Å². The Morgan fingerprint density at radius 1 is 1.30 bits per heavy atom. The zero-order valence-electron chi connectivity index (χ0n) is 10.6. The monoisotopic (exact) mass is 285 g/mol. The maximum atomic E-state index is 14.2. The predicted molar refractivity (Wildman–Crippen MR) is 62.5 cm³/mol. The fourth-order valence-corrected chi connectivity index (χ4v) is 2.77. The lowest BCUT2D eigenvalue weighted by molar-refractivity contribution is -0.120. The summed E-state index contributed by atoms with van der Waals surface area (Å²) < 4.78 is 29.5. The van der Waals surface area contributed by atoms with Crippen molar-refractivity contribution in [2.45, 2.75) is 38.3 Å². The van der Waals surface area contributed by atoms with Gasteiger partial charge >= 0.3 is 6.09 Å². The quantitative estimate of drug-likeness (QED) is 0.781. The molecule has 108 valence electrons. The molecule has 3 heterocycles. The van der Waals surface area contributed by atoms with Crippen molar-refractivity contribution < 1.29 is 23.5 Å². The first-order valence-corrected chi connectivity index (χ1v) is 6.35. The third-order valence-corrected chi connectivity index (χ3v) is 3.76. The van der Waals surface area contributed by atoms with Gasteiger partial charge in [-0.25, -0.2) is 4.79 Å². The maximum Gasteiger partial charge on any atom is 0.407 e. The summed E-state index contributed by atoms with van der Waals surface area (Å²) in [5, 5.41) is 13.1. The molecular formula is C12H13F2N3O3. The van der Waals surface area contributed by atoms with Gasteiger partial charge in [0.1, 0.15) is 12.2 Å². The van der Waals surface area contributed by atoms with E-state index in [1.165, 1.54) is 0 Å². The topological polar surface area (TPSA) is 75.4 Å². The van der Waals surface area contributed by atoms with Gasteiger partial charge in [-0.3, -0.25) is 9.48 Å². The SMILES string of the molecule is O=C1CCC(F)(F)c2c3c(nn2C1)CCN(C(=O)O)C3. The van der Waals surface area contributed by atoms with Crippen molar-refractivity contribution in [2.75, 3.05) is 6.54 Å². The van der Waals surface area contributed by atoms with E-state index in [9.17, 15) is 18.4 Å². The molecule has 0 radical (unpaired) electrons. The lowest BCUT2D eigenvalue weighted by Crippen LogP contribution is -2.35. The van der Waals surface area contributed by atoms with Crippen LogP contribution in [0.3, 0.4) is 0 Å². The number of fused-ring (bicyclic) bond motifs is 3. The first kappa shape index (κ1) is 13.0. The van der Waals surface area contributed by atoms with Gasteiger partial charge in [-0.1, -0.05) is 0 Å². The largest absolute Gasteiger partial charge is 0.465 e. The molecule has 2 aliphatic heterocycles. The van der Waals surface area contributed by atoms with Crippen LogP contribution in [0.1, 0.15) is 29.8 Å². The fraction of sp³-hybridized carbons (Fsp3) is 0.583. The van der Waals surface area contributed by atoms with Gasteiger partial charge < -0.3 is 10.0 Å². The summed E-state index contributed by atoms with van der Waals surface area (Å²) in [6, 6.07) is 0. The highest BCUT2D eigenvalue weighted by molar-refractivity contribution is 5.78. The normalized spacial score (nSPS) is 21.1. The molecule has 6 nitrogen and oxygen atoms in total. The van der Waals surface area contributed by atoms with Gasteiger partial charge in [0, 0.05) is 31.4 Å². The Kier molecular flexibility index (Phi) is 2.77. The first-order valence-electron chi connectivity index (χ1n) is 6.35.